The molecule has 0 aromatic heterocycles. The maximum Gasteiger partial charge on any atom is 0.328 e. The number of esters is 1. The van der Waals surface area contributed by atoms with E-state index in [9.17, 15) is 9.59 Å². The first-order valence-electron chi connectivity index (χ1n) is 4.98. The van der Waals surface area contributed by atoms with Crippen LogP contribution in [0.5, 0.6) is 0 Å². The van der Waals surface area contributed by atoms with Gasteiger partial charge in [-0.25, -0.2) is 4.79 Å². The Labute approximate surface area is 94.1 Å². The lowest BCUT2D eigenvalue weighted by Crippen LogP contribution is -2.39. The standard InChI is InChI=1S/C10H17NO3S/c1-10(2,3)15-6-8(12)11-7-4-5-14-9(7)13/h7H,4-6H2,1-3H3,(H,11,12)/t7-/m0/s1. The second-order valence-electron chi connectivity index (χ2n) is 4.48. The molecule has 1 rings (SSSR count). The topological polar surface area (TPSA) is 55.4 Å². The minimum absolute atomic E-state index is 0.0630. The number of carbonyl (C=O) groups excluding carboxylic acids is 2. The van der Waals surface area contributed by atoms with E-state index in [2.05, 4.69) is 26.1 Å². The van der Waals surface area contributed by atoms with Crippen molar-refractivity contribution in [3.05, 3.63) is 0 Å². The van der Waals surface area contributed by atoms with Crippen LogP contribution in [0.15, 0.2) is 0 Å². The van der Waals surface area contributed by atoms with Gasteiger partial charge in [0.25, 0.3) is 0 Å². The molecule has 0 aromatic rings. The van der Waals surface area contributed by atoms with E-state index in [-0.39, 0.29) is 16.6 Å². The number of hydrogen-bond donors (Lipinski definition) is 1. The fourth-order valence-corrected chi connectivity index (χ4v) is 1.79. The molecule has 1 fully saturated rings. The van der Waals surface area contributed by atoms with Crippen LogP contribution in [-0.4, -0.2) is 35.0 Å². The first-order chi connectivity index (χ1) is 6.88. The van der Waals surface area contributed by atoms with Gasteiger partial charge in [0.05, 0.1) is 12.4 Å². The first-order valence-corrected chi connectivity index (χ1v) is 5.97. The van der Waals surface area contributed by atoms with Crippen LogP contribution in [0.1, 0.15) is 27.2 Å². The van der Waals surface area contributed by atoms with Crippen LogP contribution in [0.25, 0.3) is 0 Å². The van der Waals surface area contributed by atoms with Gasteiger partial charge >= 0.3 is 5.97 Å². The highest BCUT2D eigenvalue weighted by Gasteiger charge is 2.28. The Morgan fingerprint density at radius 3 is 2.73 bits per heavy atom. The molecule has 1 aliphatic heterocycles. The summed E-state index contributed by atoms with van der Waals surface area (Å²) in [6.07, 6.45) is 0.588. The number of amides is 1. The summed E-state index contributed by atoms with van der Waals surface area (Å²) < 4.78 is 4.81. The lowest BCUT2D eigenvalue weighted by Gasteiger charge is -2.17. The maximum absolute atomic E-state index is 11.5. The lowest BCUT2D eigenvalue weighted by molar-refractivity contribution is -0.141. The second kappa shape index (κ2) is 4.88. The highest BCUT2D eigenvalue weighted by Crippen LogP contribution is 2.22. The van der Waals surface area contributed by atoms with Crippen LogP contribution in [0.3, 0.4) is 0 Å². The molecule has 4 nitrogen and oxygen atoms in total. The molecular weight excluding hydrogens is 214 g/mol. The number of ether oxygens (including phenoxy) is 1. The highest BCUT2D eigenvalue weighted by atomic mass is 32.2. The molecule has 0 unspecified atom stereocenters. The van der Waals surface area contributed by atoms with E-state index in [1.165, 1.54) is 0 Å². The molecule has 1 aliphatic rings. The molecule has 5 heteroatoms. The van der Waals surface area contributed by atoms with E-state index >= 15 is 0 Å². The molecule has 0 spiro atoms. The summed E-state index contributed by atoms with van der Waals surface area (Å²) in [4.78, 5) is 22.5. The zero-order valence-electron chi connectivity index (χ0n) is 9.33. The molecule has 86 valence electrons. The summed E-state index contributed by atoms with van der Waals surface area (Å²) in [7, 11) is 0. The van der Waals surface area contributed by atoms with Crippen molar-refractivity contribution >= 4 is 23.6 Å². The predicted molar refractivity (Wildman–Crippen MR) is 59.7 cm³/mol. The first kappa shape index (κ1) is 12.4. The molecule has 0 aliphatic carbocycles. The van der Waals surface area contributed by atoms with Gasteiger partial charge in [-0.2, -0.15) is 0 Å². The number of nitrogens with one attached hydrogen (secondary N) is 1. The molecule has 0 saturated carbocycles. The minimum Gasteiger partial charge on any atom is -0.464 e. The van der Waals surface area contributed by atoms with Gasteiger partial charge in [-0.05, 0) is 0 Å². The molecule has 0 bridgehead atoms. The van der Waals surface area contributed by atoms with Crippen LogP contribution in [0.4, 0.5) is 0 Å². The Morgan fingerprint density at radius 1 is 1.60 bits per heavy atom. The van der Waals surface area contributed by atoms with Gasteiger partial charge in [0.2, 0.25) is 5.91 Å². The Balaban J connectivity index is 2.27. The van der Waals surface area contributed by atoms with Gasteiger partial charge in [-0.15, -0.1) is 11.8 Å². The largest absolute Gasteiger partial charge is 0.464 e. The molecule has 0 radical (unpaired) electrons. The van der Waals surface area contributed by atoms with E-state index in [1.807, 2.05) is 0 Å². The van der Waals surface area contributed by atoms with Crippen LogP contribution >= 0.6 is 11.8 Å². The summed E-state index contributed by atoms with van der Waals surface area (Å²) in [5.41, 5.74) is 0. The number of thioether (sulfide) groups is 1. The number of cyclic esters (lactones) is 1. The van der Waals surface area contributed by atoms with Crippen molar-refractivity contribution in [2.75, 3.05) is 12.4 Å². The van der Waals surface area contributed by atoms with Crippen molar-refractivity contribution in [1.29, 1.82) is 0 Å². The smallest absolute Gasteiger partial charge is 0.328 e. The SMILES string of the molecule is CC(C)(C)SCC(=O)N[C@H]1CCOC1=O. The van der Waals surface area contributed by atoms with Crippen LogP contribution in [0.2, 0.25) is 0 Å². The molecule has 1 saturated heterocycles. The summed E-state index contributed by atoms with van der Waals surface area (Å²) in [5, 5.41) is 2.67. The molecular formula is C10H17NO3S. The molecule has 0 aromatic carbocycles. The van der Waals surface area contributed by atoms with Gasteiger partial charge in [0.15, 0.2) is 0 Å². The summed E-state index contributed by atoms with van der Waals surface area (Å²) >= 11 is 1.56. The molecule has 1 heterocycles. The number of hydrogen-bond acceptors (Lipinski definition) is 4. The molecule has 1 N–H and O–H groups in total. The average molecular weight is 231 g/mol. The van der Waals surface area contributed by atoms with Crippen molar-refractivity contribution in [3.63, 3.8) is 0 Å². The zero-order valence-corrected chi connectivity index (χ0v) is 10.1. The maximum atomic E-state index is 11.5. The van der Waals surface area contributed by atoms with E-state index in [1.54, 1.807) is 11.8 Å². The van der Waals surface area contributed by atoms with E-state index in [4.69, 9.17) is 4.74 Å². The Kier molecular flexibility index (Phi) is 4.02. The molecule has 15 heavy (non-hydrogen) atoms. The molecule has 1 amide bonds. The molecule has 1 atom stereocenters. The van der Waals surface area contributed by atoms with E-state index < -0.39 is 6.04 Å². The lowest BCUT2D eigenvalue weighted by atomic mass is 10.2. The van der Waals surface area contributed by atoms with Crippen molar-refractivity contribution < 1.29 is 14.3 Å². The van der Waals surface area contributed by atoms with E-state index in [0.717, 1.165) is 0 Å². The quantitative estimate of drug-likeness (QED) is 0.735. The zero-order chi connectivity index (χ0) is 11.5. The fraction of sp³-hybridized carbons (Fsp3) is 0.800. The minimum atomic E-state index is -0.432. The normalized spacial score (nSPS) is 21.3. The monoisotopic (exact) mass is 231 g/mol. The van der Waals surface area contributed by atoms with E-state index in [0.29, 0.717) is 18.8 Å². The third kappa shape index (κ3) is 4.55. The van der Waals surface area contributed by atoms with Gasteiger partial charge < -0.3 is 10.1 Å². The van der Waals surface area contributed by atoms with Gasteiger partial charge in [0, 0.05) is 11.2 Å². The fourth-order valence-electron chi connectivity index (χ4n) is 1.14. The van der Waals surface area contributed by atoms with Crippen molar-refractivity contribution in [3.8, 4) is 0 Å². The Hall–Kier alpha value is -0.710. The van der Waals surface area contributed by atoms with Crippen LogP contribution < -0.4 is 5.32 Å². The second-order valence-corrected chi connectivity index (χ2v) is 6.28. The Morgan fingerprint density at radius 2 is 2.27 bits per heavy atom. The van der Waals surface area contributed by atoms with Crippen molar-refractivity contribution in [2.24, 2.45) is 0 Å². The Bertz CT molecular complexity index is 260. The third-order valence-corrected chi connectivity index (χ3v) is 3.18. The van der Waals surface area contributed by atoms with Gasteiger partial charge in [0.1, 0.15) is 6.04 Å². The third-order valence-electron chi connectivity index (χ3n) is 1.91. The number of carbonyl (C=O) groups is 2. The highest BCUT2D eigenvalue weighted by molar-refractivity contribution is 8.01. The van der Waals surface area contributed by atoms with Crippen molar-refractivity contribution in [1.82, 2.24) is 5.32 Å². The summed E-state index contributed by atoms with van der Waals surface area (Å²) in [5.74, 6) is -0.0318. The summed E-state index contributed by atoms with van der Waals surface area (Å²) in [6, 6.07) is -0.432. The number of rotatable bonds is 3. The van der Waals surface area contributed by atoms with Crippen LogP contribution in [-0.2, 0) is 14.3 Å². The van der Waals surface area contributed by atoms with Gasteiger partial charge in [-0.1, -0.05) is 20.8 Å². The van der Waals surface area contributed by atoms with Gasteiger partial charge in [-0.3, -0.25) is 4.79 Å². The van der Waals surface area contributed by atoms with Crippen LogP contribution in [0, 0.1) is 0 Å². The summed E-state index contributed by atoms with van der Waals surface area (Å²) in [6.45, 7) is 6.56. The average Bonchev–Trinajstić information content (AvgIpc) is 2.47. The predicted octanol–water partition coefficient (Wildman–Crippen LogP) is 0.950. The van der Waals surface area contributed by atoms with Crippen molar-refractivity contribution in [2.45, 2.75) is 38.0 Å².